The normalized spacial score (nSPS) is 14.6. The number of nitrogens with two attached hydrogens (primary N) is 1. The highest BCUT2D eigenvalue weighted by Gasteiger charge is 2.17. The Kier molecular flexibility index (Phi) is 4.20. The maximum atomic E-state index is 12.3. The van der Waals surface area contributed by atoms with Crippen LogP contribution in [0.5, 0.6) is 0 Å². The minimum atomic E-state index is -0.182. The van der Waals surface area contributed by atoms with Crippen LogP contribution in [0.2, 0.25) is 0 Å². The van der Waals surface area contributed by atoms with Gasteiger partial charge in [-0.15, -0.1) is 0 Å². The molecule has 1 aliphatic rings. The van der Waals surface area contributed by atoms with Crippen molar-refractivity contribution in [2.24, 2.45) is 0 Å². The van der Waals surface area contributed by atoms with Crippen LogP contribution in [0, 0.1) is 0 Å². The lowest BCUT2D eigenvalue weighted by atomic mass is 10.1. The second-order valence-electron chi connectivity index (χ2n) is 5.23. The molecule has 0 bridgehead atoms. The van der Waals surface area contributed by atoms with Crippen LogP contribution in [0.1, 0.15) is 12.8 Å². The zero-order chi connectivity index (χ0) is 15.4. The highest BCUT2D eigenvalue weighted by atomic mass is 16.2. The molecule has 2 amide bonds. The Bertz CT molecular complexity index is 653. The van der Waals surface area contributed by atoms with E-state index in [0.717, 1.165) is 30.5 Å². The van der Waals surface area contributed by atoms with Gasteiger partial charge in [-0.05, 0) is 48.2 Å². The fraction of sp³-hybridized carbons (Fsp3) is 0.250. The van der Waals surface area contributed by atoms with E-state index in [1.807, 2.05) is 24.3 Å². The van der Waals surface area contributed by atoms with Gasteiger partial charge in [-0.3, -0.25) is 9.99 Å². The molecule has 114 valence electrons. The molecule has 0 saturated carbocycles. The SMILES string of the molecule is Nc1ccc(-c2ccncc2)cc1NC(=O)N1CCCCN1. The molecule has 0 atom stereocenters. The zero-order valence-electron chi connectivity index (χ0n) is 12.2. The third kappa shape index (κ3) is 3.17. The monoisotopic (exact) mass is 297 g/mol. The highest BCUT2D eigenvalue weighted by Crippen LogP contribution is 2.27. The van der Waals surface area contributed by atoms with Gasteiger partial charge in [0.25, 0.3) is 0 Å². The van der Waals surface area contributed by atoms with Gasteiger partial charge >= 0.3 is 6.03 Å². The largest absolute Gasteiger partial charge is 0.397 e. The van der Waals surface area contributed by atoms with E-state index in [9.17, 15) is 4.79 Å². The number of amides is 2. The molecule has 0 spiro atoms. The average Bonchev–Trinajstić information content (AvgIpc) is 2.58. The highest BCUT2D eigenvalue weighted by molar-refractivity contribution is 5.93. The molecule has 6 nitrogen and oxygen atoms in total. The van der Waals surface area contributed by atoms with Crippen molar-refractivity contribution in [3.63, 3.8) is 0 Å². The van der Waals surface area contributed by atoms with E-state index < -0.39 is 0 Å². The average molecular weight is 297 g/mol. The van der Waals surface area contributed by atoms with E-state index in [-0.39, 0.29) is 6.03 Å². The maximum Gasteiger partial charge on any atom is 0.336 e. The summed E-state index contributed by atoms with van der Waals surface area (Å²) in [5.41, 5.74) is 12.2. The van der Waals surface area contributed by atoms with Gasteiger partial charge in [-0.25, -0.2) is 10.2 Å². The molecule has 0 radical (unpaired) electrons. The molecule has 1 aliphatic heterocycles. The predicted molar refractivity (Wildman–Crippen MR) is 87.0 cm³/mol. The predicted octanol–water partition coefficient (Wildman–Crippen LogP) is 2.46. The Morgan fingerprint density at radius 3 is 2.73 bits per heavy atom. The number of carbonyl (C=O) groups is 1. The molecular weight excluding hydrogens is 278 g/mol. The Labute approximate surface area is 129 Å². The van der Waals surface area contributed by atoms with Gasteiger partial charge in [-0.2, -0.15) is 0 Å². The smallest absolute Gasteiger partial charge is 0.336 e. The van der Waals surface area contributed by atoms with Crippen LogP contribution >= 0.6 is 0 Å². The van der Waals surface area contributed by atoms with Crippen molar-refractivity contribution in [3.05, 3.63) is 42.7 Å². The fourth-order valence-corrected chi connectivity index (χ4v) is 2.43. The lowest BCUT2D eigenvalue weighted by Gasteiger charge is -2.27. The van der Waals surface area contributed by atoms with Crippen LogP contribution in [0.15, 0.2) is 42.7 Å². The summed E-state index contributed by atoms with van der Waals surface area (Å²) in [6, 6.07) is 9.27. The number of aromatic nitrogens is 1. The fourth-order valence-electron chi connectivity index (χ4n) is 2.43. The first-order chi connectivity index (χ1) is 10.7. The number of hydrogen-bond donors (Lipinski definition) is 3. The maximum absolute atomic E-state index is 12.3. The molecule has 6 heteroatoms. The summed E-state index contributed by atoms with van der Waals surface area (Å²) < 4.78 is 0. The Morgan fingerprint density at radius 2 is 2.00 bits per heavy atom. The minimum absolute atomic E-state index is 0.182. The number of nitrogens with zero attached hydrogens (tertiary/aromatic N) is 2. The molecular formula is C16H19N5O. The standard InChI is InChI=1S/C16H19N5O/c17-14-4-3-13(12-5-8-18-9-6-12)11-15(14)20-16(22)21-10-2-1-7-19-21/h3-6,8-9,11,19H,1-2,7,10,17H2,(H,20,22). The Hall–Kier alpha value is -2.60. The molecule has 0 unspecified atom stereocenters. The topological polar surface area (TPSA) is 83.3 Å². The van der Waals surface area contributed by atoms with Gasteiger partial charge in [0.05, 0.1) is 11.4 Å². The third-order valence-electron chi connectivity index (χ3n) is 3.66. The molecule has 2 aromatic rings. The van der Waals surface area contributed by atoms with Gasteiger partial charge in [0, 0.05) is 25.5 Å². The molecule has 1 fully saturated rings. The molecule has 1 aromatic carbocycles. The number of hydrogen-bond acceptors (Lipinski definition) is 4. The van der Waals surface area contributed by atoms with E-state index in [0.29, 0.717) is 17.9 Å². The molecule has 3 rings (SSSR count). The van der Waals surface area contributed by atoms with Crippen molar-refractivity contribution in [3.8, 4) is 11.1 Å². The lowest BCUT2D eigenvalue weighted by molar-refractivity contribution is 0.166. The Morgan fingerprint density at radius 1 is 1.18 bits per heavy atom. The molecule has 4 N–H and O–H groups in total. The summed E-state index contributed by atoms with van der Waals surface area (Å²) in [7, 11) is 0. The molecule has 2 heterocycles. The first-order valence-electron chi connectivity index (χ1n) is 7.36. The number of nitrogen functional groups attached to an aromatic ring is 1. The summed E-state index contributed by atoms with van der Waals surface area (Å²) >= 11 is 0. The Balaban J connectivity index is 1.79. The van der Waals surface area contributed by atoms with Crippen molar-refractivity contribution in [1.82, 2.24) is 15.4 Å². The van der Waals surface area contributed by atoms with Gasteiger partial charge in [0.2, 0.25) is 0 Å². The van der Waals surface area contributed by atoms with Crippen LogP contribution in [-0.4, -0.2) is 29.1 Å². The first kappa shape index (κ1) is 14.3. The van der Waals surface area contributed by atoms with Crippen LogP contribution < -0.4 is 16.5 Å². The van der Waals surface area contributed by atoms with Crippen molar-refractivity contribution >= 4 is 17.4 Å². The van der Waals surface area contributed by atoms with E-state index in [2.05, 4.69) is 15.7 Å². The van der Waals surface area contributed by atoms with Crippen molar-refractivity contribution in [1.29, 1.82) is 0 Å². The van der Waals surface area contributed by atoms with E-state index >= 15 is 0 Å². The van der Waals surface area contributed by atoms with Gasteiger partial charge < -0.3 is 11.1 Å². The van der Waals surface area contributed by atoms with Gasteiger partial charge in [0.1, 0.15) is 0 Å². The van der Waals surface area contributed by atoms with Crippen molar-refractivity contribution < 1.29 is 4.79 Å². The molecule has 22 heavy (non-hydrogen) atoms. The number of nitrogens with one attached hydrogen (secondary N) is 2. The zero-order valence-corrected chi connectivity index (χ0v) is 12.2. The third-order valence-corrected chi connectivity index (χ3v) is 3.66. The second kappa shape index (κ2) is 6.44. The number of urea groups is 1. The van der Waals surface area contributed by atoms with Crippen molar-refractivity contribution in [2.45, 2.75) is 12.8 Å². The summed E-state index contributed by atoms with van der Waals surface area (Å²) in [6.07, 6.45) is 5.57. The lowest BCUT2D eigenvalue weighted by Crippen LogP contribution is -2.49. The second-order valence-corrected chi connectivity index (χ2v) is 5.23. The minimum Gasteiger partial charge on any atom is -0.397 e. The van der Waals surface area contributed by atoms with Crippen LogP contribution in [-0.2, 0) is 0 Å². The van der Waals surface area contributed by atoms with Crippen LogP contribution in [0.4, 0.5) is 16.2 Å². The summed E-state index contributed by atoms with van der Waals surface area (Å²) in [6.45, 7) is 1.52. The number of hydrazine groups is 1. The van der Waals surface area contributed by atoms with E-state index in [4.69, 9.17) is 5.73 Å². The quantitative estimate of drug-likeness (QED) is 0.744. The van der Waals surface area contributed by atoms with Gasteiger partial charge in [0.15, 0.2) is 0 Å². The number of rotatable bonds is 2. The van der Waals surface area contributed by atoms with Crippen LogP contribution in [0.25, 0.3) is 11.1 Å². The number of benzene rings is 1. The number of pyridine rings is 1. The first-order valence-corrected chi connectivity index (χ1v) is 7.36. The molecule has 1 saturated heterocycles. The summed E-state index contributed by atoms with van der Waals surface area (Å²) in [5, 5.41) is 4.47. The van der Waals surface area contributed by atoms with Crippen LogP contribution in [0.3, 0.4) is 0 Å². The van der Waals surface area contributed by atoms with E-state index in [1.54, 1.807) is 23.5 Å². The summed E-state index contributed by atoms with van der Waals surface area (Å²) in [5.74, 6) is 0. The van der Waals surface area contributed by atoms with Crippen molar-refractivity contribution in [2.75, 3.05) is 24.1 Å². The summed E-state index contributed by atoms with van der Waals surface area (Å²) in [4.78, 5) is 16.3. The van der Waals surface area contributed by atoms with Gasteiger partial charge in [-0.1, -0.05) is 6.07 Å². The van der Waals surface area contributed by atoms with E-state index in [1.165, 1.54) is 0 Å². The number of anilines is 2. The number of carbonyl (C=O) groups excluding carboxylic acids is 1. The molecule has 0 aliphatic carbocycles. The molecule has 1 aromatic heterocycles.